The standard InChI is InChI=1S/C15H28N2O.ClH/c1-11(15(2,3)4)9-14(18)17-8-7-12-5-6-13(10-17)16-12;/h11-13,16H,5-10H2,1-4H3;1H. The van der Waals surface area contributed by atoms with Crippen LogP contribution in [0.1, 0.15) is 53.4 Å². The Labute approximate surface area is 123 Å². The number of likely N-dealkylation sites (tertiary alicyclic amines) is 1. The zero-order valence-electron chi connectivity index (χ0n) is 12.7. The van der Waals surface area contributed by atoms with E-state index in [1.807, 2.05) is 0 Å². The summed E-state index contributed by atoms with van der Waals surface area (Å²) in [7, 11) is 0. The predicted octanol–water partition coefficient (Wildman–Crippen LogP) is 2.83. The molecule has 4 heteroatoms. The number of carbonyl (C=O) groups excluding carboxylic acids is 1. The number of fused-ring (bicyclic) bond motifs is 2. The molecule has 2 aliphatic heterocycles. The highest BCUT2D eigenvalue weighted by atomic mass is 35.5. The molecule has 1 N–H and O–H groups in total. The third-order valence-corrected chi connectivity index (χ3v) is 4.84. The minimum Gasteiger partial charge on any atom is -0.341 e. The number of halogens is 1. The zero-order chi connectivity index (χ0) is 13.3. The van der Waals surface area contributed by atoms with Crippen molar-refractivity contribution in [1.82, 2.24) is 10.2 Å². The summed E-state index contributed by atoms with van der Waals surface area (Å²) >= 11 is 0. The summed E-state index contributed by atoms with van der Waals surface area (Å²) in [4.78, 5) is 14.5. The molecular weight excluding hydrogens is 260 g/mol. The second-order valence-electron chi connectivity index (χ2n) is 7.24. The second kappa shape index (κ2) is 6.45. The number of nitrogens with zero attached hydrogens (tertiary/aromatic N) is 1. The first-order chi connectivity index (χ1) is 8.36. The van der Waals surface area contributed by atoms with Crippen LogP contribution >= 0.6 is 12.4 Å². The van der Waals surface area contributed by atoms with Gasteiger partial charge in [-0.25, -0.2) is 0 Å². The molecule has 3 atom stereocenters. The van der Waals surface area contributed by atoms with Crippen LogP contribution in [0.25, 0.3) is 0 Å². The summed E-state index contributed by atoms with van der Waals surface area (Å²) in [6, 6.07) is 1.21. The lowest BCUT2D eigenvalue weighted by Crippen LogP contribution is -2.40. The van der Waals surface area contributed by atoms with Crippen LogP contribution in [0.5, 0.6) is 0 Å². The van der Waals surface area contributed by atoms with Crippen LogP contribution in [-0.2, 0) is 4.79 Å². The normalized spacial score (nSPS) is 28.5. The summed E-state index contributed by atoms with van der Waals surface area (Å²) in [5.41, 5.74) is 0.221. The van der Waals surface area contributed by atoms with Gasteiger partial charge in [0.25, 0.3) is 0 Å². The van der Waals surface area contributed by atoms with E-state index in [1.54, 1.807) is 0 Å². The number of amides is 1. The van der Waals surface area contributed by atoms with Crippen molar-refractivity contribution in [1.29, 1.82) is 0 Å². The molecule has 112 valence electrons. The first kappa shape index (κ1) is 16.8. The van der Waals surface area contributed by atoms with Crippen LogP contribution in [0.2, 0.25) is 0 Å². The Hall–Kier alpha value is -0.280. The minimum atomic E-state index is 0. The number of nitrogens with one attached hydrogen (secondary N) is 1. The molecule has 2 aliphatic rings. The third kappa shape index (κ3) is 4.35. The predicted molar refractivity (Wildman–Crippen MR) is 81.6 cm³/mol. The first-order valence-corrected chi connectivity index (χ1v) is 7.40. The summed E-state index contributed by atoms with van der Waals surface area (Å²) in [5.74, 6) is 0.796. The van der Waals surface area contributed by atoms with Gasteiger partial charge in [-0.3, -0.25) is 4.79 Å². The van der Waals surface area contributed by atoms with Gasteiger partial charge in [-0.15, -0.1) is 12.4 Å². The Morgan fingerprint density at radius 2 is 1.89 bits per heavy atom. The van der Waals surface area contributed by atoms with Crippen LogP contribution < -0.4 is 5.32 Å². The van der Waals surface area contributed by atoms with E-state index in [-0.39, 0.29) is 17.8 Å². The molecule has 19 heavy (non-hydrogen) atoms. The van der Waals surface area contributed by atoms with Crippen LogP contribution in [-0.4, -0.2) is 36.0 Å². The van der Waals surface area contributed by atoms with Crippen molar-refractivity contribution in [2.24, 2.45) is 11.3 Å². The molecule has 0 aromatic carbocycles. The van der Waals surface area contributed by atoms with Crippen molar-refractivity contribution in [3.63, 3.8) is 0 Å². The lowest BCUT2D eigenvalue weighted by Gasteiger charge is -2.30. The lowest BCUT2D eigenvalue weighted by molar-refractivity contribution is -0.133. The fourth-order valence-corrected chi connectivity index (χ4v) is 2.87. The molecule has 0 aromatic heterocycles. The highest BCUT2D eigenvalue weighted by Gasteiger charge is 2.32. The van der Waals surface area contributed by atoms with E-state index in [0.29, 0.717) is 30.3 Å². The second-order valence-corrected chi connectivity index (χ2v) is 7.24. The molecule has 0 spiro atoms. The molecule has 0 saturated carbocycles. The fraction of sp³-hybridized carbons (Fsp3) is 0.933. The summed E-state index contributed by atoms with van der Waals surface area (Å²) in [6.45, 7) is 10.7. The fourth-order valence-electron chi connectivity index (χ4n) is 2.87. The van der Waals surface area contributed by atoms with E-state index < -0.39 is 0 Å². The van der Waals surface area contributed by atoms with Crippen molar-refractivity contribution >= 4 is 18.3 Å². The van der Waals surface area contributed by atoms with Crippen molar-refractivity contribution in [3.05, 3.63) is 0 Å². The van der Waals surface area contributed by atoms with Gasteiger partial charge in [0.1, 0.15) is 0 Å². The van der Waals surface area contributed by atoms with E-state index in [2.05, 4.69) is 37.9 Å². The van der Waals surface area contributed by atoms with Crippen LogP contribution in [0, 0.1) is 11.3 Å². The SMILES string of the molecule is CC(CC(=O)N1CCC2CCC(C1)N2)C(C)(C)C.Cl. The largest absolute Gasteiger partial charge is 0.341 e. The van der Waals surface area contributed by atoms with Crippen molar-refractivity contribution < 1.29 is 4.79 Å². The van der Waals surface area contributed by atoms with E-state index in [9.17, 15) is 4.79 Å². The van der Waals surface area contributed by atoms with Gasteiger partial charge in [0.2, 0.25) is 5.91 Å². The van der Waals surface area contributed by atoms with Gasteiger partial charge < -0.3 is 10.2 Å². The maximum atomic E-state index is 12.4. The molecule has 3 nitrogen and oxygen atoms in total. The van der Waals surface area contributed by atoms with Crippen LogP contribution in [0.4, 0.5) is 0 Å². The van der Waals surface area contributed by atoms with Crippen LogP contribution in [0.3, 0.4) is 0 Å². The average molecular weight is 289 g/mol. The molecule has 0 aliphatic carbocycles. The van der Waals surface area contributed by atoms with Crippen molar-refractivity contribution in [2.75, 3.05) is 13.1 Å². The monoisotopic (exact) mass is 288 g/mol. The Bertz CT molecular complexity index is 314. The van der Waals surface area contributed by atoms with Gasteiger partial charge in [0.05, 0.1) is 0 Å². The molecular formula is C15H29ClN2O. The molecule has 3 unspecified atom stereocenters. The first-order valence-electron chi connectivity index (χ1n) is 7.40. The summed E-state index contributed by atoms with van der Waals surface area (Å²) in [6.07, 6.45) is 4.36. The maximum Gasteiger partial charge on any atom is 0.222 e. The van der Waals surface area contributed by atoms with Crippen molar-refractivity contribution in [3.8, 4) is 0 Å². The van der Waals surface area contributed by atoms with E-state index in [4.69, 9.17) is 0 Å². The Balaban J connectivity index is 0.00000180. The average Bonchev–Trinajstić information content (AvgIpc) is 2.56. The van der Waals surface area contributed by atoms with E-state index in [1.165, 1.54) is 12.8 Å². The number of carbonyl (C=O) groups is 1. The van der Waals surface area contributed by atoms with Gasteiger partial charge >= 0.3 is 0 Å². The molecule has 2 bridgehead atoms. The van der Waals surface area contributed by atoms with Gasteiger partial charge in [-0.05, 0) is 30.6 Å². The third-order valence-electron chi connectivity index (χ3n) is 4.84. The molecule has 2 rings (SSSR count). The Morgan fingerprint density at radius 3 is 2.53 bits per heavy atom. The quantitative estimate of drug-likeness (QED) is 0.847. The van der Waals surface area contributed by atoms with Crippen LogP contribution in [0.15, 0.2) is 0 Å². The maximum absolute atomic E-state index is 12.4. The molecule has 0 radical (unpaired) electrons. The zero-order valence-corrected chi connectivity index (χ0v) is 13.6. The molecule has 2 heterocycles. The van der Waals surface area contributed by atoms with E-state index >= 15 is 0 Å². The minimum absolute atomic E-state index is 0. The van der Waals surface area contributed by atoms with Gasteiger partial charge in [0, 0.05) is 31.6 Å². The molecule has 0 aromatic rings. The molecule has 1 amide bonds. The summed E-state index contributed by atoms with van der Waals surface area (Å²) in [5, 5.41) is 3.63. The highest BCUT2D eigenvalue weighted by molar-refractivity contribution is 5.85. The van der Waals surface area contributed by atoms with Gasteiger partial charge in [-0.1, -0.05) is 27.7 Å². The highest BCUT2D eigenvalue weighted by Crippen LogP contribution is 2.29. The number of hydrogen-bond acceptors (Lipinski definition) is 2. The van der Waals surface area contributed by atoms with E-state index in [0.717, 1.165) is 19.5 Å². The Morgan fingerprint density at radius 1 is 1.26 bits per heavy atom. The lowest BCUT2D eigenvalue weighted by atomic mass is 9.80. The Kier molecular flexibility index (Phi) is 5.69. The number of rotatable bonds is 2. The number of hydrogen-bond donors (Lipinski definition) is 1. The van der Waals surface area contributed by atoms with Gasteiger partial charge in [-0.2, -0.15) is 0 Å². The topological polar surface area (TPSA) is 32.3 Å². The smallest absolute Gasteiger partial charge is 0.222 e. The van der Waals surface area contributed by atoms with Gasteiger partial charge in [0.15, 0.2) is 0 Å². The molecule has 2 fully saturated rings. The van der Waals surface area contributed by atoms with Crippen molar-refractivity contribution in [2.45, 2.75) is 65.5 Å². The summed E-state index contributed by atoms with van der Waals surface area (Å²) < 4.78 is 0. The molecule has 2 saturated heterocycles.